The fraction of sp³-hybridized carbons (Fsp3) is 0.929. The Morgan fingerprint density at radius 2 is 2.14 bits per heavy atom. The van der Waals surface area contributed by atoms with Gasteiger partial charge in [-0.05, 0) is 44.6 Å². The molecule has 1 aliphatic carbocycles. The number of amides is 1. The molecule has 3 unspecified atom stereocenters. The van der Waals surface area contributed by atoms with E-state index in [0.29, 0.717) is 31.7 Å². The van der Waals surface area contributed by atoms with Crippen LogP contribution in [0.2, 0.25) is 0 Å². The summed E-state index contributed by atoms with van der Waals surface area (Å²) in [4.78, 5) is 11.8. The van der Waals surface area contributed by atoms with E-state index >= 15 is 0 Å². The van der Waals surface area contributed by atoms with Crippen LogP contribution in [0.25, 0.3) is 0 Å². The van der Waals surface area contributed by atoms with Gasteiger partial charge in [0.2, 0.25) is 5.91 Å². The highest BCUT2D eigenvalue weighted by Crippen LogP contribution is 2.24. The minimum Gasteiger partial charge on any atom is -0.369 e. The van der Waals surface area contributed by atoms with Gasteiger partial charge in [-0.2, -0.15) is 13.2 Å². The second kappa shape index (κ2) is 8.58. The third kappa shape index (κ3) is 8.26. The maximum Gasteiger partial charge on any atom is 0.411 e. The minimum absolute atomic E-state index is 0.0585. The fourth-order valence-corrected chi connectivity index (χ4v) is 2.43. The van der Waals surface area contributed by atoms with Gasteiger partial charge in [0.15, 0.2) is 0 Å². The van der Waals surface area contributed by atoms with Crippen molar-refractivity contribution in [3.63, 3.8) is 0 Å². The van der Waals surface area contributed by atoms with Crippen LogP contribution in [0, 0.1) is 5.92 Å². The largest absolute Gasteiger partial charge is 0.411 e. The van der Waals surface area contributed by atoms with E-state index in [1.807, 2.05) is 6.92 Å². The number of nitrogens with one attached hydrogen (secondary N) is 1. The zero-order valence-corrected chi connectivity index (χ0v) is 12.4. The first-order chi connectivity index (χ1) is 9.80. The maximum atomic E-state index is 12.1. The van der Waals surface area contributed by atoms with Gasteiger partial charge in [-0.3, -0.25) is 4.79 Å². The molecule has 124 valence electrons. The highest BCUT2D eigenvalue weighted by molar-refractivity contribution is 5.76. The summed E-state index contributed by atoms with van der Waals surface area (Å²) in [6, 6.07) is -0.0855. The van der Waals surface area contributed by atoms with Gasteiger partial charge in [0.1, 0.15) is 6.61 Å². The number of rotatable bonds is 7. The number of hydrogen-bond donors (Lipinski definition) is 2. The van der Waals surface area contributed by atoms with Crippen LogP contribution < -0.4 is 11.1 Å². The third-order valence-corrected chi connectivity index (χ3v) is 3.74. The zero-order chi connectivity index (χ0) is 15.9. The molecule has 0 aromatic rings. The Kier molecular flexibility index (Phi) is 7.45. The molecule has 7 heteroatoms. The van der Waals surface area contributed by atoms with Crippen LogP contribution in [-0.4, -0.2) is 37.4 Å². The molecule has 0 spiro atoms. The average molecular weight is 310 g/mol. The van der Waals surface area contributed by atoms with Crippen molar-refractivity contribution in [3.8, 4) is 0 Å². The van der Waals surface area contributed by atoms with Crippen molar-refractivity contribution < 1.29 is 22.7 Å². The molecule has 0 saturated heterocycles. The molecular weight excluding hydrogens is 285 g/mol. The third-order valence-electron chi connectivity index (χ3n) is 3.74. The molecule has 1 amide bonds. The van der Waals surface area contributed by atoms with Gasteiger partial charge in [-0.1, -0.05) is 6.92 Å². The lowest BCUT2D eigenvalue weighted by atomic mass is 9.92. The lowest BCUT2D eigenvalue weighted by molar-refractivity contribution is -0.188. The summed E-state index contributed by atoms with van der Waals surface area (Å²) in [7, 11) is 0. The Labute approximate surface area is 123 Å². The molecule has 0 heterocycles. The number of halogens is 3. The summed E-state index contributed by atoms with van der Waals surface area (Å²) < 4.78 is 41.2. The van der Waals surface area contributed by atoms with Crippen molar-refractivity contribution >= 4 is 5.91 Å². The highest BCUT2D eigenvalue weighted by Gasteiger charge is 2.31. The normalized spacial score (nSPS) is 24.6. The van der Waals surface area contributed by atoms with Crippen LogP contribution in [-0.2, 0) is 9.53 Å². The molecule has 0 radical (unpaired) electrons. The molecule has 1 aliphatic rings. The van der Waals surface area contributed by atoms with Gasteiger partial charge in [0, 0.05) is 12.5 Å². The molecule has 0 bridgehead atoms. The summed E-state index contributed by atoms with van der Waals surface area (Å²) in [6.07, 6.45) is -0.952. The van der Waals surface area contributed by atoms with Gasteiger partial charge in [0.25, 0.3) is 0 Å². The summed E-state index contributed by atoms with van der Waals surface area (Å²) in [6.45, 7) is 1.31. The Morgan fingerprint density at radius 1 is 1.43 bits per heavy atom. The lowest BCUT2D eigenvalue weighted by Gasteiger charge is -2.30. The second-order valence-corrected chi connectivity index (χ2v) is 5.86. The van der Waals surface area contributed by atoms with Crippen LogP contribution in [0.3, 0.4) is 0 Å². The smallest absolute Gasteiger partial charge is 0.369 e. The van der Waals surface area contributed by atoms with Crippen LogP contribution in [0.4, 0.5) is 13.2 Å². The predicted molar refractivity (Wildman–Crippen MR) is 73.6 cm³/mol. The van der Waals surface area contributed by atoms with E-state index in [-0.39, 0.29) is 11.9 Å². The summed E-state index contributed by atoms with van der Waals surface area (Å²) in [5, 5.41) is 2.88. The lowest BCUT2D eigenvalue weighted by Crippen LogP contribution is -2.41. The molecule has 3 atom stereocenters. The van der Waals surface area contributed by atoms with Crippen molar-refractivity contribution in [3.05, 3.63) is 0 Å². The minimum atomic E-state index is -4.30. The van der Waals surface area contributed by atoms with E-state index in [1.54, 1.807) is 0 Å². The molecule has 1 fully saturated rings. The number of nitrogens with two attached hydrogens (primary N) is 1. The predicted octanol–water partition coefficient (Wildman–Crippen LogP) is 2.37. The van der Waals surface area contributed by atoms with Gasteiger partial charge < -0.3 is 15.8 Å². The number of hydrogen-bond acceptors (Lipinski definition) is 3. The van der Waals surface area contributed by atoms with Gasteiger partial charge >= 0.3 is 6.18 Å². The number of ether oxygens (including phenoxy) is 1. The van der Waals surface area contributed by atoms with Gasteiger partial charge in [-0.25, -0.2) is 0 Å². The van der Waals surface area contributed by atoms with Gasteiger partial charge in [0.05, 0.1) is 6.10 Å². The van der Waals surface area contributed by atoms with Crippen molar-refractivity contribution in [2.75, 3.05) is 13.2 Å². The van der Waals surface area contributed by atoms with Crippen molar-refractivity contribution in [2.45, 2.75) is 63.8 Å². The van der Waals surface area contributed by atoms with E-state index in [2.05, 4.69) is 5.32 Å². The molecule has 1 rings (SSSR count). The molecule has 0 aromatic heterocycles. The molecule has 4 nitrogen and oxygen atoms in total. The molecule has 0 aliphatic heterocycles. The first kappa shape index (κ1) is 18.2. The van der Waals surface area contributed by atoms with Crippen molar-refractivity contribution in [1.82, 2.24) is 5.32 Å². The summed E-state index contributed by atoms with van der Waals surface area (Å²) in [5.74, 6) is 0.238. The molecule has 21 heavy (non-hydrogen) atoms. The number of carbonyl (C=O) groups is 1. The topological polar surface area (TPSA) is 64.4 Å². The Bertz CT molecular complexity index is 324. The van der Waals surface area contributed by atoms with E-state index in [4.69, 9.17) is 10.5 Å². The van der Waals surface area contributed by atoms with E-state index in [0.717, 1.165) is 19.3 Å². The SMILES string of the molecule is CC(CN)CCC(=O)NC1CCCC(OCC(F)(F)F)C1. The zero-order valence-electron chi connectivity index (χ0n) is 12.4. The van der Waals surface area contributed by atoms with Gasteiger partial charge in [-0.15, -0.1) is 0 Å². The summed E-state index contributed by atoms with van der Waals surface area (Å²) in [5.41, 5.74) is 5.49. The first-order valence-electron chi connectivity index (χ1n) is 7.48. The standard InChI is InChI=1S/C14H25F3N2O2/c1-10(8-18)5-6-13(20)19-11-3-2-4-12(7-11)21-9-14(15,16)17/h10-12H,2-9,18H2,1H3,(H,19,20). The quantitative estimate of drug-likeness (QED) is 0.759. The van der Waals surface area contributed by atoms with Crippen LogP contribution in [0.15, 0.2) is 0 Å². The molecule has 3 N–H and O–H groups in total. The van der Waals surface area contributed by atoms with E-state index < -0.39 is 18.9 Å². The number of carbonyl (C=O) groups excluding carboxylic acids is 1. The second-order valence-electron chi connectivity index (χ2n) is 5.86. The fourth-order valence-electron chi connectivity index (χ4n) is 2.43. The maximum absolute atomic E-state index is 12.1. The molecule has 0 aromatic carbocycles. The monoisotopic (exact) mass is 310 g/mol. The van der Waals surface area contributed by atoms with Crippen molar-refractivity contribution in [2.24, 2.45) is 11.7 Å². The van der Waals surface area contributed by atoms with Crippen LogP contribution in [0.1, 0.15) is 45.4 Å². The highest BCUT2D eigenvalue weighted by atomic mass is 19.4. The average Bonchev–Trinajstić information content (AvgIpc) is 2.42. The van der Waals surface area contributed by atoms with Crippen molar-refractivity contribution in [1.29, 1.82) is 0 Å². The molecular formula is C14H25F3N2O2. The Morgan fingerprint density at radius 3 is 2.76 bits per heavy atom. The first-order valence-corrected chi connectivity index (χ1v) is 7.48. The van der Waals surface area contributed by atoms with E-state index in [1.165, 1.54) is 0 Å². The van der Waals surface area contributed by atoms with Crippen LogP contribution >= 0.6 is 0 Å². The Hall–Kier alpha value is -0.820. The van der Waals surface area contributed by atoms with E-state index in [9.17, 15) is 18.0 Å². The molecule has 1 saturated carbocycles. The Balaban J connectivity index is 2.27. The summed E-state index contributed by atoms with van der Waals surface area (Å²) >= 11 is 0. The van der Waals surface area contributed by atoms with Crippen LogP contribution in [0.5, 0.6) is 0 Å². The number of alkyl halides is 3.